The second-order valence-corrected chi connectivity index (χ2v) is 3.75. The first-order chi connectivity index (χ1) is 7.90. The number of hydrogen-bond donors (Lipinski definition) is 1. The maximum absolute atomic E-state index is 3.27. The largest absolute Gasteiger partial charge is 0.380 e. The van der Waals surface area contributed by atoms with Gasteiger partial charge in [-0.3, -0.25) is 0 Å². The zero-order valence-electron chi connectivity index (χ0n) is 9.48. The topological polar surface area (TPSA) is 12.0 Å². The van der Waals surface area contributed by atoms with Crippen molar-refractivity contribution in [3.05, 3.63) is 72.3 Å². The third kappa shape index (κ3) is 2.63. The minimum atomic E-state index is 0.970. The second-order valence-electron chi connectivity index (χ2n) is 3.75. The quantitative estimate of drug-likeness (QED) is 0.807. The molecule has 16 heavy (non-hydrogen) atoms. The Balaban J connectivity index is 2.21. The van der Waals surface area contributed by atoms with Crippen molar-refractivity contribution in [3.8, 4) is 0 Å². The molecule has 2 rings (SSSR count). The van der Waals surface area contributed by atoms with Crippen molar-refractivity contribution >= 4 is 5.69 Å². The summed E-state index contributed by atoms with van der Waals surface area (Å²) in [5, 5.41) is 3.27. The lowest BCUT2D eigenvalue weighted by Gasteiger charge is -2.10. The van der Waals surface area contributed by atoms with Crippen LogP contribution in [0.4, 0.5) is 5.69 Å². The van der Waals surface area contributed by atoms with Crippen LogP contribution >= 0.6 is 0 Å². The summed E-state index contributed by atoms with van der Waals surface area (Å²) < 4.78 is 0. The number of benzene rings is 2. The van der Waals surface area contributed by atoms with Crippen molar-refractivity contribution in [2.45, 2.75) is 13.3 Å². The Kier molecular flexibility index (Phi) is 3.60. The molecule has 2 aromatic rings. The summed E-state index contributed by atoms with van der Waals surface area (Å²) in [4.78, 5) is 0. The number of hydrogen-bond acceptors (Lipinski definition) is 1. The molecule has 1 heteroatoms. The van der Waals surface area contributed by atoms with Gasteiger partial charge in [-0.25, -0.2) is 0 Å². The molecule has 0 aromatic heterocycles. The molecule has 1 N–H and O–H groups in total. The monoisotopic (exact) mass is 210 g/mol. The molecule has 0 atom stereocenters. The smallest absolute Gasteiger partial charge is 0.0431 e. The van der Waals surface area contributed by atoms with Crippen LogP contribution in [0.3, 0.4) is 0 Å². The molecule has 0 amide bonds. The van der Waals surface area contributed by atoms with Gasteiger partial charge in [-0.1, -0.05) is 48.5 Å². The van der Waals surface area contributed by atoms with E-state index in [9.17, 15) is 0 Å². The zero-order chi connectivity index (χ0) is 11.2. The molecule has 0 heterocycles. The first-order valence-electron chi connectivity index (χ1n) is 5.56. The first kappa shape index (κ1) is 10.7. The van der Waals surface area contributed by atoms with E-state index in [0.717, 1.165) is 6.42 Å². The van der Waals surface area contributed by atoms with E-state index in [4.69, 9.17) is 0 Å². The van der Waals surface area contributed by atoms with E-state index < -0.39 is 0 Å². The summed E-state index contributed by atoms with van der Waals surface area (Å²) in [5.41, 5.74) is 3.86. The molecule has 0 aliphatic heterocycles. The minimum Gasteiger partial charge on any atom is -0.380 e. The fraction of sp³-hybridized carbons (Fsp3) is 0.133. The highest BCUT2D eigenvalue weighted by Crippen LogP contribution is 2.19. The molecule has 2 aromatic carbocycles. The Hall–Kier alpha value is -1.76. The summed E-state index contributed by atoms with van der Waals surface area (Å²) >= 11 is 0. The highest BCUT2D eigenvalue weighted by molar-refractivity contribution is 5.53. The predicted molar refractivity (Wildman–Crippen MR) is 69.3 cm³/mol. The van der Waals surface area contributed by atoms with Gasteiger partial charge in [0, 0.05) is 12.2 Å². The number of para-hydroxylation sites is 1. The third-order valence-corrected chi connectivity index (χ3v) is 2.55. The van der Waals surface area contributed by atoms with E-state index in [0.29, 0.717) is 0 Å². The summed E-state index contributed by atoms with van der Waals surface area (Å²) in [7, 11) is 0. The normalized spacial score (nSPS) is 10.1. The van der Waals surface area contributed by atoms with Gasteiger partial charge < -0.3 is 5.32 Å². The molecular weight excluding hydrogens is 194 g/mol. The molecule has 0 aliphatic rings. The maximum Gasteiger partial charge on any atom is 0.0431 e. The number of anilines is 1. The molecular formula is C15H16N. The van der Waals surface area contributed by atoms with Crippen LogP contribution in [0.15, 0.2) is 54.6 Å². The van der Waals surface area contributed by atoms with E-state index in [1.165, 1.54) is 16.8 Å². The van der Waals surface area contributed by atoms with Crippen molar-refractivity contribution in [1.29, 1.82) is 0 Å². The van der Waals surface area contributed by atoms with Gasteiger partial charge in [-0.2, -0.15) is 0 Å². The van der Waals surface area contributed by atoms with Gasteiger partial charge >= 0.3 is 0 Å². The fourth-order valence-electron chi connectivity index (χ4n) is 1.79. The van der Waals surface area contributed by atoms with Crippen LogP contribution in [0, 0.1) is 6.54 Å². The van der Waals surface area contributed by atoms with E-state index in [1.54, 1.807) is 0 Å². The van der Waals surface area contributed by atoms with Gasteiger partial charge in [0.2, 0.25) is 0 Å². The molecule has 1 radical (unpaired) electrons. The molecule has 1 nitrogen and oxygen atoms in total. The van der Waals surface area contributed by atoms with Crippen molar-refractivity contribution < 1.29 is 0 Å². The summed E-state index contributed by atoms with van der Waals surface area (Å²) in [6, 6.07) is 18.9. The Bertz CT molecular complexity index is 434. The molecule has 0 unspecified atom stereocenters. The summed E-state index contributed by atoms with van der Waals surface area (Å²) in [5.74, 6) is 0. The average Bonchev–Trinajstić information content (AvgIpc) is 2.33. The SMILES string of the molecule is C[CH]Nc1ccccc1Cc1ccccc1. The molecule has 81 valence electrons. The van der Waals surface area contributed by atoms with Gasteiger partial charge in [0.25, 0.3) is 0 Å². The second kappa shape index (κ2) is 5.36. The predicted octanol–water partition coefficient (Wildman–Crippen LogP) is 3.87. The Labute approximate surface area is 97.1 Å². The minimum absolute atomic E-state index is 0.970. The van der Waals surface area contributed by atoms with Crippen LogP contribution < -0.4 is 5.32 Å². The molecule has 0 spiro atoms. The Morgan fingerprint density at radius 1 is 0.938 bits per heavy atom. The summed E-state index contributed by atoms with van der Waals surface area (Å²) in [6.07, 6.45) is 0.970. The third-order valence-electron chi connectivity index (χ3n) is 2.55. The zero-order valence-corrected chi connectivity index (χ0v) is 9.48. The van der Waals surface area contributed by atoms with Crippen LogP contribution in [-0.4, -0.2) is 0 Å². The lowest BCUT2D eigenvalue weighted by Crippen LogP contribution is -1.97. The fourth-order valence-corrected chi connectivity index (χ4v) is 1.79. The van der Waals surface area contributed by atoms with Gasteiger partial charge in [0.15, 0.2) is 0 Å². The van der Waals surface area contributed by atoms with Gasteiger partial charge in [-0.05, 0) is 30.5 Å². The first-order valence-corrected chi connectivity index (χ1v) is 5.56. The van der Waals surface area contributed by atoms with Crippen molar-refractivity contribution in [2.75, 3.05) is 5.32 Å². The van der Waals surface area contributed by atoms with Crippen LogP contribution in [-0.2, 0) is 6.42 Å². The van der Waals surface area contributed by atoms with E-state index >= 15 is 0 Å². The van der Waals surface area contributed by atoms with Crippen LogP contribution in [0.2, 0.25) is 0 Å². The standard InChI is InChI=1S/C15H16N/c1-2-16-15-11-7-6-10-14(15)12-13-8-4-3-5-9-13/h2-11,16H,12H2,1H3. The number of rotatable bonds is 4. The highest BCUT2D eigenvalue weighted by Gasteiger charge is 2.01. The lowest BCUT2D eigenvalue weighted by molar-refractivity contribution is 1.18. The molecule has 0 bridgehead atoms. The number of nitrogens with one attached hydrogen (secondary N) is 1. The Morgan fingerprint density at radius 2 is 1.62 bits per heavy atom. The Morgan fingerprint density at radius 3 is 2.38 bits per heavy atom. The van der Waals surface area contributed by atoms with Crippen LogP contribution in [0.1, 0.15) is 18.1 Å². The summed E-state index contributed by atoms with van der Waals surface area (Å²) in [6.45, 7) is 3.96. The molecule has 0 aliphatic carbocycles. The molecule has 0 saturated heterocycles. The van der Waals surface area contributed by atoms with Crippen molar-refractivity contribution in [3.63, 3.8) is 0 Å². The van der Waals surface area contributed by atoms with E-state index in [2.05, 4.69) is 53.8 Å². The lowest BCUT2D eigenvalue weighted by atomic mass is 10.0. The average molecular weight is 210 g/mol. The maximum atomic E-state index is 3.27. The van der Waals surface area contributed by atoms with Gasteiger partial charge in [0.05, 0.1) is 0 Å². The van der Waals surface area contributed by atoms with Crippen LogP contribution in [0.25, 0.3) is 0 Å². The van der Waals surface area contributed by atoms with Crippen molar-refractivity contribution in [1.82, 2.24) is 0 Å². The van der Waals surface area contributed by atoms with Crippen molar-refractivity contribution in [2.24, 2.45) is 0 Å². The molecule has 0 fully saturated rings. The van der Waals surface area contributed by atoms with Crippen LogP contribution in [0.5, 0.6) is 0 Å². The van der Waals surface area contributed by atoms with Gasteiger partial charge in [-0.15, -0.1) is 0 Å². The van der Waals surface area contributed by atoms with Gasteiger partial charge in [0.1, 0.15) is 0 Å². The molecule has 0 saturated carbocycles. The highest BCUT2D eigenvalue weighted by atomic mass is 14.9. The van der Waals surface area contributed by atoms with E-state index in [-0.39, 0.29) is 0 Å². The van der Waals surface area contributed by atoms with E-state index in [1.807, 2.05) is 19.5 Å².